The molecule has 0 radical (unpaired) electrons. The fourth-order valence-electron chi connectivity index (χ4n) is 2.20. The standard InChI is InChI=1S/C14H30N2O.ClH/c1-6-10-14(5,15)13(17)16(9-4)11-12(7-2)8-3;/h12H,6-11,15H2,1-5H3;1H. The van der Waals surface area contributed by atoms with Crippen molar-refractivity contribution in [1.82, 2.24) is 4.90 Å². The summed E-state index contributed by atoms with van der Waals surface area (Å²) >= 11 is 0. The highest BCUT2D eigenvalue weighted by atomic mass is 35.5. The molecule has 0 fully saturated rings. The SMILES string of the molecule is CCCC(C)(N)C(=O)N(CC)CC(CC)CC.Cl. The fraction of sp³-hybridized carbons (Fsp3) is 0.929. The molecule has 0 heterocycles. The van der Waals surface area contributed by atoms with E-state index in [0.29, 0.717) is 5.92 Å². The topological polar surface area (TPSA) is 46.3 Å². The van der Waals surface area contributed by atoms with Crippen LogP contribution in [0.4, 0.5) is 0 Å². The summed E-state index contributed by atoms with van der Waals surface area (Å²) in [5, 5.41) is 0. The third-order valence-electron chi connectivity index (χ3n) is 3.56. The first-order valence-electron chi connectivity index (χ1n) is 7.01. The molecule has 0 spiro atoms. The van der Waals surface area contributed by atoms with Crippen LogP contribution in [0.2, 0.25) is 0 Å². The minimum atomic E-state index is -0.698. The number of likely N-dealkylation sites (N-methyl/N-ethyl adjacent to an activating group) is 1. The van der Waals surface area contributed by atoms with Gasteiger partial charge in [-0.1, -0.05) is 40.0 Å². The summed E-state index contributed by atoms with van der Waals surface area (Å²) in [6, 6.07) is 0. The number of nitrogens with two attached hydrogens (primary N) is 1. The van der Waals surface area contributed by atoms with Crippen LogP contribution in [0.15, 0.2) is 0 Å². The maximum Gasteiger partial charge on any atom is 0.242 e. The number of hydrogen-bond acceptors (Lipinski definition) is 2. The minimum Gasteiger partial charge on any atom is -0.341 e. The number of carbonyl (C=O) groups excluding carboxylic acids is 1. The molecular formula is C14H31ClN2O. The highest BCUT2D eigenvalue weighted by molar-refractivity contribution is 5.85. The second-order valence-corrected chi connectivity index (χ2v) is 5.19. The number of halogens is 1. The summed E-state index contributed by atoms with van der Waals surface area (Å²) in [6.07, 6.45) is 3.94. The molecule has 0 rings (SSSR count). The molecule has 4 heteroatoms. The first-order chi connectivity index (χ1) is 7.92. The van der Waals surface area contributed by atoms with E-state index in [1.807, 2.05) is 18.7 Å². The van der Waals surface area contributed by atoms with Crippen LogP contribution in [0.3, 0.4) is 0 Å². The lowest BCUT2D eigenvalue weighted by atomic mass is 9.94. The molecule has 0 bridgehead atoms. The number of rotatable bonds is 8. The van der Waals surface area contributed by atoms with E-state index in [1.54, 1.807) is 0 Å². The minimum absolute atomic E-state index is 0. The van der Waals surface area contributed by atoms with Gasteiger partial charge in [0.15, 0.2) is 0 Å². The van der Waals surface area contributed by atoms with E-state index in [9.17, 15) is 4.79 Å². The van der Waals surface area contributed by atoms with Crippen molar-refractivity contribution in [2.75, 3.05) is 13.1 Å². The summed E-state index contributed by atoms with van der Waals surface area (Å²) in [6.45, 7) is 11.9. The second-order valence-electron chi connectivity index (χ2n) is 5.19. The van der Waals surface area contributed by atoms with Crippen molar-refractivity contribution in [3.05, 3.63) is 0 Å². The van der Waals surface area contributed by atoms with Crippen molar-refractivity contribution in [3.8, 4) is 0 Å². The zero-order valence-corrected chi connectivity index (χ0v) is 13.5. The number of amides is 1. The quantitative estimate of drug-likeness (QED) is 0.741. The number of carbonyl (C=O) groups is 1. The van der Waals surface area contributed by atoms with E-state index >= 15 is 0 Å². The molecule has 0 aliphatic rings. The molecule has 1 unspecified atom stereocenters. The van der Waals surface area contributed by atoms with Crippen molar-refractivity contribution in [2.24, 2.45) is 11.7 Å². The van der Waals surface area contributed by atoms with E-state index in [4.69, 9.17) is 5.73 Å². The molecule has 0 aromatic heterocycles. The summed E-state index contributed by atoms with van der Waals surface area (Å²) in [7, 11) is 0. The Balaban J connectivity index is 0. The van der Waals surface area contributed by atoms with Crippen LogP contribution in [-0.4, -0.2) is 29.4 Å². The number of hydrogen-bond donors (Lipinski definition) is 1. The lowest BCUT2D eigenvalue weighted by Crippen LogP contribution is -2.54. The monoisotopic (exact) mass is 278 g/mol. The second kappa shape index (κ2) is 9.62. The molecule has 0 aliphatic carbocycles. The van der Waals surface area contributed by atoms with E-state index < -0.39 is 5.54 Å². The summed E-state index contributed by atoms with van der Waals surface area (Å²) < 4.78 is 0. The molecular weight excluding hydrogens is 248 g/mol. The predicted octanol–water partition coefficient (Wildman–Crippen LogP) is 3.21. The molecule has 0 aromatic rings. The van der Waals surface area contributed by atoms with Gasteiger partial charge >= 0.3 is 0 Å². The van der Waals surface area contributed by atoms with Crippen LogP contribution in [-0.2, 0) is 4.79 Å². The normalized spacial score (nSPS) is 13.9. The van der Waals surface area contributed by atoms with Gasteiger partial charge in [0.2, 0.25) is 5.91 Å². The van der Waals surface area contributed by atoms with Gasteiger partial charge in [-0.3, -0.25) is 4.79 Å². The Hall–Kier alpha value is -0.280. The average Bonchev–Trinajstić information content (AvgIpc) is 2.30. The molecule has 0 aromatic carbocycles. The van der Waals surface area contributed by atoms with Crippen LogP contribution in [0.25, 0.3) is 0 Å². The third kappa shape index (κ3) is 6.05. The predicted molar refractivity (Wildman–Crippen MR) is 81.1 cm³/mol. The largest absolute Gasteiger partial charge is 0.341 e. The smallest absolute Gasteiger partial charge is 0.242 e. The maximum atomic E-state index is 12.4. The molecule has 3 nitrogen and oxygen atoms in total. The highest BCUT2D eigenvalue weighted by Crippen LogP contribution is 2.16. The Labute approximate surface area is 119 Å². The van der Waals surface area contributed by atoms with Crippen LogP contribution in [0.5, 0.6) is 0 Å². The summed E-state index contributed by atoms with van der Waals surface area (Å²) in [5.41, 5.74) is 5.42. The fourth-order valence-corrected chi connectivity index (χ4v) is 2.20. The van der Waals surface area contributed by atoms with E-state index in [-0.39, 0.29) is 18.3 Å². The van der Waals surface area contributed by atoms with Gasteiger partial charge in [0.25, 0.3) is 0 Å². The molecule has 110 valence electrons. The Kier molecular flexibility index (Phi) is 10.7. The van der Waals surface area contributed by atoms with Gasteiger partial charge in [-0.05, 0) is 26.2 Å². The molecule has 2 N–H and O–H groups in total. The molecule has 0 aliphatic heterocycles. The zero-order chi connectivity index (χ0) is 13.5. The van der Waals surface area contributed by atoms with Gasteiger partial charge in [0.05, 0.1) is 5.54 Å². The van der Waals surface area contributed by atoms with Gasteiger partial charge in [0, 0.05) is 13.1 Å². The average molecular weight is 279 g/mol. The van der Waals surface area contributed by atoms with Crippen molar-refractivity contribution in [3.63, 3.8) is 0 Å². The number of nitrogens with zero attached hydrogens (tertiary/aromatic N) is 1. The molecule has 18 heavy (non-hydrogen) atoms. The van der Waals surface area contributed by atoms with E-state index in [2.05, 4.69) is 20.8 Å². The third-order valence-corrected chi connectivity index (χ3v) is 3.56. The van der Waals surface area contributed by atoms with Gasteiger partial charge < -0.3 is 10.6 Å². The molecule has 0 saturated carbocycles. The molecule has 0 saturated heterocycles. The van der Waals surface area contributed by atoms with E-state index in [0.717, 1.165) is 38.8 Å². The lowest BCUT2D eigenvalue weighted by Gasteiger charge is -2.33. The van der Waals surface area contributed by atoms with Crippen LogP contribution >= 0.6 is 12.4 Å². The van der Waals surface area contributed by atoms with Crippen LogP contribution in [0.1, 0.15) is 60.3 Å². The first-order valence-corrected chi connectivity index (χ1v) is 7.01. The Morgan fingerprint density at radius 3 is 2.06 bits per heavy atom. The van der Waals surface area contributed by atoms with Crippen molar-refractivity contribution >= 4 is 18.3 Å². The molecule has 1 amide bonds. The van der Waals surface area contributed by atoms with Crippen LogP contribution in [0, 0.1) is 5.92 Å². The van der Waals surface area contributed by atoms with Crippen molar-refractivity contribution in [2.45, 2.75) is 65.8 Å². The van der Waals surface area contributed by atoms with Gasteiger partial charge in [-0.2, -0.15) is 0 Å². The zero-order valence-electron chi connectivity index (χ0n) is 12.7. The highest BCUT2D eigenvalue weighted by Gasteiger charge is 2.31. The van der Waals surface area contributed by atoms with Gasteiger partial charge in [-0.25, -0.2) is 0 Å². The van der Waals surface area contributed by atoms with Crippen molar-refractivity contribution in [1.29, 1.82) is 0 Å². The summed E-state index contributed by atoms with van der Waals surface area (Å²) in [4.78, 5) is 14.3. The van der Waals surface area contributed by atoms with Crippen LogP contribution < -0.4 is 5.73 Å². The van der Waals surface area contributed by atoms with Gasteiger partial charge in [0.1, 0.15) is 0 Å². The Morgan fingerprint density at radius 2 is 1.72 bits per heavy atom. The van der Waals surface area contributed by atoms with E-state index in [1.165, 1.54) is 0 Å². The lowest BCUT2D eigenvalue weighted by molar-refractivity contribution is -0.137. The van der Waals surface area contributed by atoms with Crippen molar-refractivity contribution < 1.29 is 4.79 Å². The maximum absolute atomic E-state index is 12.4. The first kappa shape index (κ1) is 20.0. The molecule has 1 atom stereocenters. The Morgan fingerprint density at radius 1 is 1.22 bits per heavy atom. The Bertz CT molecular complexity index is 228. The summed E-state index contributed by atoms with van der Waals surface area (Å²) in [5.74, 6) is 0.699. The van der Waals surface area contributed by atoms with Gasteiger partial charge in [-0.15, -0.1) is 12.4 Å².